The highest BCUT2D eigenvalue weighted by atomic mass is 16.7. The van der Waals surface area contributed by atoms with Crippen LogP contribution in [0, 0.1) is 0 Å². The summed E-state index contributed by atoms with van der Waals surface area (Å²) in [5.74, 6) is 4.38. The second-order valence-electron chi connectivity index (χ2n) is 13.2. The summed E-state index contributed by atoms with van der Waals surface area (Å²) in [5.41, 5.74) is 8.91. The largest absolute Gasteiger partial charge is 0.457 e. The molecule has 0 saturated carbocycles. The molecule has 248 valence electrons. The molecule has 0 radical (unpaired) electrons. The lowest BCUT2D eigenvalue weighted by Crippen LogP contribution is -2.25. The average molecular weight is 669 g/mol. The van der Waals surface area contributed by atoms with Gasteiger partial charge in [0.05, 0.1) is 0 Å². The molecule has 0 atom stereocenters. The predicted molar refractivity (Wildman–Crippen MR) is 195 cm³/mol. The SMILES string of the molecule is C1=c2ccc3c/c2=C/c2ccc4cc2Cc2ccc(cc21)OCOc1ccc2c(c1)/C=c1/ccc(c/c1=C\c1ccc(cc1C2)OCO3)OCO4. The van der Waals surface area contributed by atoms with E-state index in [2.05, 4.69) is 97.1 Å². The van der Waals surface area contributed by atoms with Gasteiger partial charge in [0.2, 0.25) is 20.4 Å². The molecule has 6 aromatic carbocycles. The van der Waals surface area contributed by atoms with Gasteiger partial charge in [0, 0.05) is 0 Å². The first kappa shape index (κ1) is 29.5. The van der Waals surface area contributed by atoms with Crippen molar-refractivity contribution >= 4 is 24.3 Å². The summed E-state index contributed by atoms with van der Waals surface area (Å²) < 4.78 is 37.4. The fraction of sp³-hybridized carbons (Fsp3) is 0.111. The van der Waals surface area contributed by atoms with Crippen LogP contribution >= 0.6 is 0 Å². The molecule has 20 rings (SSSR count). The lowest BCUT2D eigenvalue weighted by atomic mass is 9.96. The molecule has 0 amide bonds. The van der Waals surface area contributed by atoms with Crippen LogP contribution in [0.2, 0.25) is 0 Å². The maximum absolute atomic E-state index is 6.23. The smallest absolute Gasteiger partial charge is 0.230 e. The zero-order chi connectivity index (χ0) is 33.7. The lowest BCUT2D eigenvalue weighted by molar-refractivity contribution is 0.119. The van der Waals surface area contributed by atoms with E-state index in [0.29, 0.717) is 12.8 Å². The van der Waals surface area contributed by atoms with Crippen LogP contribution in [-0.2, 0) is 12.8 Å². The molecule has 0 N–H and O–H groups in total. The van der Waals surface area contributed by atoms with Crippen LogP contribution in [0.3, 0.4) is 0 Å². The summed E-state index contributed by atoms with van der Waals surface area (Å²) in [7, 11) is 0. The van der Waals surface area contributed by atoms with Crippen molar-refractivity contribution in [2.75, 3.05) is 20.4 Å². The van der Waals surface area contributed by atoms with E-state index < -0.39 is 0 Å². The Morgan fingerprint density at radius 3 is 1.08 bits per heavy atom. The van der Waals surface area contributed by atoms with Gasteiger partial charge in [0.25, 0.3) is 0 Å². The highest BCUT2D eigenvalue weighted by Crippen LogP contribution is 2.29. The van der Waals surface area contributed by atoms with Gasteiger partial charge in [0.1, 0.15) is 34.5 Å². The Labute approximate surface area is 294 Å². The van der Waals surface area contributed by atoms with Gasteiger partial charge in [0.15, 0.2) is 0 Å². The Bertz CT molecular complexity index is 2460. The molecule has 14 aliphatic rings. The second kappa shape index (κ2) is 12.2. The maximum Gasteiger partial charge on any atom is 0.230 e. The molecule has 6 nitrogen and oxygen atoms in total. The second-order valence-corrected chi connectivity index (χ2v) is 13.2. The Morgan fingerprint density at radius 2 is 0.627 bits per heavy atom. The molecule has 12 aliphatic heterocycles. The van der Waals surface area contributed by atoms with Gasteiger partial charge in [-0.15, -0.1) is 0 Å². The minimum absolute atomic E-state index is 0.0699. The minimum atomic E-state index is 0.0699. The fourth-order valence-electron chi connectivity index (χ4n) is 7.22. The van der Waals surface area contributed by atoms with Gasteiger partial charge in [-0.2, -0.15) is 0 Å². The van der Waals surface area contributed by atoms with E-state index in [4.69, 9.17) is 28.4 Å². The summed E-state index contributed by atoms with van der Waals surface area (Å²) in [6, 6.07) is 37.2. The van der Waals surface area contributed by atoms with Crippen molar-refractivity contribution < 1.29 is 28.4 Å². The molecule has 0 spiro atoms. The van der Waals surface area contributed by atoms with Crippen LogP contribution in [0.4, 0.5) is 0 Å². The normalized spacial score (nSPS) is 16.7. The van der Waals surface area contributed by atoms with Crippen LogP contribution in [0.5, 0.6) is 34.5 Å². The number of ether oxygens (including phenoxy) is 6. The highest BCUT2D eigenvalue weighted by Gasteiger charge is 2.15. The molecule has 51 heavy (non-hydrogen) atoms. The van der Waals surface area contributed by atoms with Crippen molar-refractivity contribution in [1.82, 2.24) is 0 Å². The van der Waals surface area contributed by atoms with Gasteiger partial charge in [-0.1, -0.05) is 36.4 Å². The zero-order valence-electron chi connectivity index (χ0n) is 27.7. The molecule has 0 saturated heterocycles. The van der Waals surface area contributed by atoms with Gasteiger partial charge >= 0.3 is 0 Å². The molecule has 6 heteroatoms. The molecule has 0 fully saturated rings. The molecular weight excluding hydrogens is 636 g/mol. The van der Waals surface area contributed by atoms with E-state index in [9.17, 15) is 0 Å². The van der Waals surface area contributed by atoms with Crippen molar-refractivity contribution in [3.8, 4) is 34.5 Å². The average Bonchev–Trinajstić information content (AvgIpc) is 3.24. The standard InChI is InChI=1S/C45H32O6/c1-7-40-19-34-14-29-2-8-43-21-36(29)15-30-3-9-41(20-35(30)13-28(1)34)48-26-49-44-11-5-32-16-37-22-42(47-25-46-40)10-4-31(37)17-38-24-45(51-27-50-43)12-6-33(38)18-39(32)23-44/h1-14,17-24H,15-16,25-27H2/b28-13-,33-18?,34-14+,38-17-. The molecular formula is C45H32O6. The molecule has 0 unspecified atom stereocenters. The summed E-state index contributed by atoms with van der Waals surface area (Å²) >= 11 is 0. The van der Waals surface area contributed by atoms with Crippen molar-refractivity contribution in [2.24, 2.45) is 0 Å². The highest BCUT2D eigenvalue weighted by molar-refractivity contribution is 5.66. The van der Waals surface area contributed by atoms with Gasteiger partial charge in [-0.05, 0) is 175 Å². The van der Waals surface area contributed by atoms with E-state index in [1.807, 2.05) is 36.4 Å². The Hall–Kier alpha value is -6.40. The monoisotopic (exact) mass is 668 g/mol. The number of hydrogen-bond acceptors (Lipinski definition) is 6. The van der Waals surface area contributed by atoms with Crippen LogP contribution in [-0.4, -0.2) is 20.4 Å². The van der Waals surface area contributed by atoms with Crippen LogP contribution in [0.25, 0.3) is 24.3 Å². The number of hydrogen-bond donors (Lipinski definition) is 0. The molecule has 6 aromatic rings. The van der Waals surface area contributed by atoms with Gasteiger partial charge < -0.3 is 28.4 Å². The topological polar surface area (TPSA) is 55.4 Å². The minimum Gasteiger partial charge on any atom is -0.457 e. The van der Waals surface area contributed by atoms with Crippen molar-refractivity contribution in [3.63, 3.8) is 0 Å². The van der Waals surface area contributed by atoms with E-state index in [1.54, 1.807) is 0 Å². The molecule has 12 heterocycles. The quantitative estimate of drug-likeness (QED) is 0.207. The Balaban J connectivity index is 1.22. The Morgan fingerprint density at radius 1 is 0.275 bits per heavy atom. The van der Waals surface area contributed by atoms with E-state index in [-0.39, 0.29) is 20.4 Å². The number of benzene rings is 6. The van der Waals surface area contributed by atoms with E-state index >= 15 is 0 Å². The fourth-order valence-corrected chi connectivity index (χ4v) is 7.22. The molecule has 18 bridgehead atoms. The Kier molecular flexibility index (Phi) is 7.05. The van der Waals surface area contributed by atoms with Crippen molar-refractivity contribution in [2.45, 2.75) is 12.8 Å². The van der Waals surface area contributed by atoms with Gasteiger partial charge in [-0.25, -0.2) is 0 Å². The third kappa shape index (κ3) is 5.85. The number of rotatable bonds is 0. The maximum atomic E-state index is 6.23. The van der Waals surface area contributed by atoms with Crippen LogP contribution in [0.15, 0.2) is 109 Å². The summed E-state index contributed by atoms with van der Waals surface area (Å²) in [6.45, 7) is 0.210. The molecule has 2 aliphatic carbocycles. The van der Waals surface area contributed by atoms with Crippen LogP contribution in [0.1, 0.15) is 44.5 Å². The predicted octanol–water partition coefficient (Wildman–Crippen LogP) is 5.68. The van der Waals surface area contributed by atoms with Gasteiger partial charge in [-0.3, -0.25) is 0 Å². The lowest BCUT2D eigenvalue weighted by Gasteiger charge is -2.15. The summed E-state index contributed by atoms with van der Waals surface area (Å²) in [6.07, 6.45) is 10.2. The molecule has 0 aromatic heterocycles. The first-order valence-corrected chi connectivity index (χ1v) is 17.1. The van der Waals surface area contributed by atoms with Crippen molar-refractivity contribution in [1.29, 1.82) is 0 Å². The third-order valence-corrected chi connectivity index (χ3v) is 9.94. The summed E-state index contributed by atoms with van der Waals surface area (Å²) in [4.78, 5) is 0. The van der Waals surface area contributed by atoms with E-state index in [0.717, 1.165) is 88.8 Å². The zero-order valence-corrected chi connectivity index (χ0v) is 27.7. The first-order chi connectivity index (χ1) is 25.1. The first-order valence-electron chi connectivity index (χ1n) is 17.1. The third-order valence-electron chi connectivity index (χ3n) is 9.94. The van der Waals surface area contributed by atoms with Crippen molar-refractivity contribution in [3.05, 3.63) is 175 Å². The van der Waals surface area contributed by atoms with Crippen LogP contribution < -0.4 is 49.3 Å². The van der Waals surface area contributed by atoms with E-state index in [1.165, 1.54) is 11.1 Å². The summed E-state index contributed by atoms with van der Waals surface area (Å²) in [5, 5.41) is 4.18.